The van der Waals surface area contributed by atoms with Crippen LogP contribution in [-0.4, -0.2) is 12.2 Å². The monoisotopic (exact) mass is 222 g/mol. The van der Waals surface area contributed by atoms with Crippen LogP contribution < -0.4 is 0 Å². The highest BCUT2D eigenvalue weighted by Crippen LogP contribution is 2.50. The van der Waals surface area contributed by atoms with E-state index in [-0.39, 0.29) is 0 Å². The Labute approximate surface area is 99.9 Å². The van der Waals surface area contributed by atoms with Crippen LogP contribution in [0.25, 0.3) is 0 Å². The summed E-state index contributed by atoms with van der Waals surface area (Å²) in [6.07, 6.45) is 9.78. The van der Waals surface area contributed by atoms with Crippen LogP contribution >= 0.6 is 0 Å². The molecule has 0 radical (unpaired) electrons. The zero-order chi connectivity index (χ0) is 11.2. The second kappa shape index (κ2) is 4.01. The Morgan fingerprint density at radius 1 is 1.00 bits per heavy atom. The number of fused-ring (bicyclic) bond motifs is 1. The van der Waals surface area contributed by atoms with Gasteiger partial charge in [0.1, 0.15) is 0 Å². The van der Waals surface area contributed by atoms with Gasteiger partial charge >= 0.3 is 0 Å². The molecule has 1 nitrogen and oxygen atoms in total. The predicted octanol–water partition coefficient (Wildman–Crippen LogP) is 4.02. The third kappa shape index (κ3) is 2.03. The van der Waals surface area contributed by atoms with Crippen molar-refractivity contribution in [3.8, 4) is 0 Å². The molecule has 0 bridgehead atoms. The molecule has 0 aromatic heterocycles. The Hall–Kier alpha value is -0.0400. The second-order valence-electron chi connectivity index (χ2n) is 6.87. The molecule has 0 aromatic carbocycles. The SMILES string of the molecule is CC(C)C1CCC2(CC1)CCC1CC1CO2. The van der Waals surface area contributed by atoms with Crippen LogP contribution in [-0.2, 0) is 4.74 Å². The van der Waals surface area contributed by atoms with Crippen molar-refractivity contribution >= 4 is 0 Å². The fourth-order valence-electron chi connectivity index (χ4n) is 3.90. The maximum Gasteiger partial charge on any atom is 0.0683 e. The van der Waals surface area contributed by atoms with Gasteiger partial charge in [-0.25, -0.2) is 0 Å². The lowest BCUT2D eigenvalue weighted by molar-refractivity contribution is -0.0844. The standard InChI is InChI=1S/C15H26O/c1-11(2)12-3-6-15(7-4-12)8-5-13-9-14(13)10-16-15/h11-14H,3-10H2,1-2H3. The lowest BCUT2D eigenvalue weighted by atomic mass is 9.73. The smallest absolute Gasteiger partial charge is 0.0683 e. The van der Waals surface area contributed by atoms with E-state index in [1.807, 2.05) is 0 Å². The molecule has 2 atom stereocenters. The van der Waals surface area contributed by atoms with Gasteiger partial charge in [0, 0.05) is 0 Å². The van der Waals surface area contributed by atoms with Gasteiger partial charge in [0.15, 0.2) is 0 Å². The van der Waals surface area contributed by atoms with E-state index in [0.29, 0.717) is 5.60 Å². The molecule has 1 saturated heterocycles. The molecule has 1 heterocycles. The van der Waals surface area contributed by atoms with Crippen molar-refractivity contribution in [2.75, 3.05) is 6.61 Å². The van der Waals surface area contributed by atoms with E-state index >= 15 is 0 Å². The van der Waals surface area contributed by atoms with E-state index in [1.54, 1.807) is 0 Å². The molecule has 2 unspecified atom stereocenters. The molecule has 16 heavy (non-hydrogen) atoms. The van der Waals surface area contributed by atoms with Crippen LogP contribution in [0.4, 0.5) is 0 Å². The molecule has 3 fully saturated rings. The summed E-state index contributed by atoms with van der Waals surface area (Å²) in [7, 11) is 0. The van der Waals surface area contributed by atoms with E-state index in [4.69, 9.17) is 4.74 Å². The highest BCUT2D eigenvalue weighted by atomic mass is 16.5. The lowest BCUT2D eigenvalue weighted by Gasteiger charge is -2.41. The summed E-state index contributed by atoms with van der Waals surface area (Å²) in [6, 6.07) is 0. The minimum atomic E-state index is 0.318. The van der Waals surface area contributed by atoms with Crippen molar-refractivity contribution < 1.29 is 4.74 Å². The third-order valence-corrected chi connectivity index (χ3v) is 5.53. The molecule has 1 heteroatoms. The minimum absolute atomic E-state index is 0.318. The molecule has 0 N–H and O–H groups in total. The fourth-order valence-corrected chi connectivity index (χ4v) is 3.90. The van der Waals surface area contributed by atoms with Gasteiger partial charge in [0.05, 0.1) is 12.2 Å². The van der Waals surface area contributed by atoms with Gasteiger partial charge in [0.25, 0.3) is 0 Å². The normalized spacial score (nSPS) is 47.8. The maximum absolute atomic E-state index is 6.31. The highest BCUT2D eigenvalue weighted by Gasteiger charge is 2.46. The predicted molar refractivity (Wildman–Crippen MR) is 66.3 cm³/mol. The summed E-state index contributed by atoms with van der Waals surface area (Å²) in [5.41, 5.74) is 0.318. The van der Waals surface area contributed by atoms with Crippen molar-refractivity contribution in [3.63, 3.8) is 0 Å². The van der Waals surface area contributed by atoms with E-state index in [2.05, 4.69) is 13.8 Å². The van der Waals surface area contributed by atoms with Gasteiger partial charge in [0.2, 0.25) is 0 Å². The van der Waals surface area contributed by atoms with E-state index in [9.17, 15) is 0 Å². The summed E-state index contributed by atoms with van der Waals surface area (Å²) in [5, 5.41) is 0. The summed E-state index contributed by atoms with van der Waals surface area (Å²) < 4.78 is 6.31. The molecule has 92 valence electrons. The van der Waals surface area contributed by atoms with Gasteiger partial charge < -0.3 is 4.74 Å². The van der Waals surface area contributed by atoms with E-state index in [1.165, 1.54) is 44.9 Å². The molecule has 3 aliphatic rings. The van der Waals surface area contributed by atoms with Crippen LogP contribution in [0, 0.1) is 23.7 Å². The summed E-state index contributed by atoms with van der Waals surface area (Å²) in [4.78, 5) is 0. The average Bonchev–Trinajstić information content (AvgIpc) is 3.03. The molecular formula is C15H26O. The van der Waals surface area contributed by atoms with Crippen LogP contribution in [0.3, 0.4) is 0 Å². The highest BCUT2D eigenvalue weighted by molar-refractivity contribution is 4.96. The molecule has 0 aromatic rings. The average molecular weight is 222 g/mol. The molecular weight excluding hydrogens is 196 g/mol. The third-order valence-electron chi connectivity index (χ3n) is 5.53. The molecule has 3 rings (SSSR count). The number of ether oxygens (including phenoxy) is 1. The maximum atomic E-state index is 6.31. The summed E-state index contributed by atoms with van der Waals surface area (Å²) in [5.74, 6) is 3.83. The van der Waals surface area contributed by atoms with Crippen LogP contribution in [0.5, 0.6) is 0 Å². The molecule has 2 aliphatic carbocycles. The Morgan fingerprint density at radius 2 is 1.69 bits per heavy atom. The summed E-state index contributed by atoms with van der Waals surface area (Å²) in [6.45, 7) is 5.84. The molecule has 1 aliphatic heterocycles. The number of rotatable bonds is 1. The summed E-state index contributed by atoms with van der Waals surface area (Å²) >= 11 is 0. The van der Waals surface area contributed by atoms with Crippen molar-refractivity contribution in [2.45, 2.75) is 64.4 Å². The van der Waals surface area contributed by atoms with Gasteiger partial charge in [-0.1, -0.05) is 13.8 Å². The first kappa shape index (κ1) is 11.1. The minimum Gasteiger partial charge on any atom is -0.375 e. The molecule has 0 amide bonds. The molecule has 1 spiro atoms. The van der Waals surface area contributed by atoms with Crippen molar-refractivity contribution in [1.82, 2.24) is 0 Å². The van der Waals surface area contributed by atoms with Crippen LogP contribution in [0.15, 0.2) is 0 Å². The van der Waals surface area contributed by atoms with E-state index < -0.39 is 0 Å². The van der Waals surface area contributed by atoms with Crippen LogP contribution in [0.1, 0.15) is 58.8 Å². The Balaban J connectivity index is 1.58. The zero-order valence-electron chi connectivity index (χ0n) is 10.9. The first-order valence-corrected chi connectivity index (χ1v) is 7.32. The Morgan fingerprint density at radius 3 is 2.38 bits per heavy atom. The first-order valence-electron chi connectivity index (χ1n) is 7.32. The largest absolute Gasteiger partial charge is 0.375 e. The van der Waals surface area contributed by atoms with Gasteiger partial charge in [-0.2, -0.15) is 0 Å². The van der Waals surface area contributed by atoms with Crippen molar-refractivity contribution in [1.29, 1.82) is 0 Å². The van der Waals surface area contributed by atoms with Crippen molar-refractivity contribution in [2.24, 2.45) is 23.7 Å². The topological polar surface area (TPSA) is 9.23 Å². The fraction of sp³-hybridized carbons (Fsp3) is 1.00. The Bertz CT molecular complexity index is 236. The number of hydrogen-bond donors (Lipinski definition) is 0. The van der Waals surface area contributed by atoms with Gasteiger partial charge in [-0.15, -0.1) is 0 Å². The first-order chi connectivity index (χ1) is 7.69. The molecule has 2 saturated carbocycles. The van der Waals surface area contributed by atoms with Crippen LogP contribution in [0.2, 0.25) is 0 Å². The second-order valence-corrected chi connectivity index (χ2v) is 6.87. The lowest BCUT2D eigenvalue weighted by Crippen LogP contribution is -2.38. The Kier molecular flexibility index (Phi) is 2.78. The van der Waals surface area contributed by atoms with Gasteiger partial charge in [-0.05, 0) is 68.6 Å². The zero-order valence-corrected chi connectivity index (χ0v) is 10.9. The number of hydrogen-bond acceptors (Lipinski definition) is 1. The van der Waals surface area contributed by atoms with E-state index in [0.717, 1.165) is 30.3 Å². The van der Waals surface area contributed by atoms with Crippen molar-refractivity contribution in [3.05, 3.63) is 0 Å². The quantitative estimate of drug-likeness (QED) is 0.651. The van der Waals surface area contributed by atoms with Gasteiger partial charge in [-0.3, -0.25) is 0 Å².